The lowest BCUT2D eigenvalue weighted by Gasteiger charge is -2.22. The highest BCUT2D eigenvalue weighted by Crippen LogP contribution is 2.18. The Morgan fingerprint density at radius 1 is 1.43 bits per heavy atom. The van der Waals surface area contributed by atoms with Crippen LogP contribution in [-0.2, 0) is 14.3 Å². The van der Waals surface area contributed by atoms with Gasteiger partial charge in [0.15, 0.2) is 0 Å². The van der Waals surface area contributed by atoms with Gasteiger partial charge in [0, 0.05) is 31.9 Å². The van der Waals surface area contributed by atoms with Crippen molar-refractivity contribution in [3.8, 4) is 0 Å². The van der Waals surface area contributed by atoms with Crippen molar-refractivity contribution in [2.45, 2.75) is 31.8 Å². The molecule has 116 valence electrons. The zero-order chi connectivity index (χ0) is 15.1. The zero-order valence-electron chi connectivity index (χ0n) is 11.9. The number of rotatable bonds is 6. The molecule has 0 unspecified atom stereocenters. The second-order valence-corrected chi connectivity index (χ2v) is 5.07. The molecule has 0 spiro atoms. The monoisotopic (exact) mass is 296 g/mol. The molecule has 1 aliphatic rings. The van der Waals surface area contributed by atoms with E-state index in [-0.39, 0.29) is 24.1 Å². The molecule has 1 amide bonds. The number of hydrogen-bond acceptors (Lipinski definition) is 4. The molecule has 1 fully saturated rings. The third kappa shape index (κ3) is 5.32. The molecule has 6 heteroatoms. The summed E-state index contributed by atoms with van der Waals surface area (Å²) in [4.78, 5) is 11.7. The lowest BCUT2D eigenvalue weighted by molar-refractivity contribution is -0.116. The lowest BCUT2D eigenvalue weighted by atomic mass is 10.1. The van der Waals surface area contributed by atoms with Crippen molar-refractivity contribution in [3.63, 3.8) is 0 Å². The maximum atomic E-state index is 13.5. The Balaban J connectivity index is 1.66. The fraction of sp³-hybridized carbons (Fsp3) is 0.533. The van der Waals surface area contributed by atoms with Crippen molar-refractivity contribution in [1.29, 1.82) is 0 Å². The standard InChI is InChI=1S/C15H21FN2O3/c16-13-4-3-11(17)10-14(13)18-15(19)2-1-7-21-12-5-8-20-9-6-12/h3-4,10,12H,1-2,5-9,17H2,(H,18,19). The molecule has 0 aromatic heterocycles. The van der Waals surface area contributed by atoms with Crippen molar-refractivity contribution in [2.24, 2.45) is 0 Å². The van der Waals surface area contributed by atoms with Crippen molar-refractivity contribution < 1.29 is 18.7 Å². The van der Waals surface area contributed by atoms with Crippen LogP contribution in [0.3, 0.4) is 0 Å². The van der Waals surface area contributed by atoms with Gasteiger partial charge in [0.25, 0.3) is 0 Å². The van der Waals surface area contributed by atoms with Crippen LogP contribution in [0.4, 0.5) is 15.8 Å². The van der Waals surface area contributed by atoms with Gasteiger partial charge in [0.05, 0.1) is 11.8 Å². The van der Waals surface area contributed by atoms with E-state index in [0.29, 0.717) is 18.7 Å². The van der Waals surface area contributed by atoms with Crippen molar-refractivity contribution in [3.05, 3.63) is 24.0 Å². The maximum Gasteiger partial charge on any atom is 0.224 e. The van der Waals surface area contributed by atoms with Crippen LogP contribution in [0.1, 0.15) is 25.7 Å². The van der Waals surface area contributed by atoms with E-state index in [2.05, 4.69) is 5.32 Å². The van der Waals surface area contributed by atoms with E-state index < -0.39 is 5.82 Å². The average Bonchev–Trinajstić information content (AvgIpc) is 2.48. The number of nitrogens with one attached hydrogen (secondary N) is 1. The van der Waals surface area contributed by atoms with Crippen LogP contribution in [-0.4, -0.2) is 31.8 Å². The van der Waals surface area contributed by atoms with Gasteiger partial charge in [-0.05, 0) is 37.5 Å². The molecule has 0 bridgehead atoms. The number of carbonyl (C=O) groups excluding carboxylic acids is 1. The molecule has 21 heavy (non-hydrogen) atoms. The van der Waals surface area contributed by atoms with E-state index in [4.69, 9.17) is 15.2 Å². The van der Waals surface area contributed by atoms with Gasteiger partial charge >= 0.3 is 0 Å². The number of nitrogens with two attached hydrogens (primary N) is 1. The smallest absolute Gasteiger partial charge is 0.224 e. The fourth-order valence-electron chi connectivity index (χ4n) is 2.18. The van der Waals surface area contributed by atoms with Gasteiger partial charge in [-0.1, -0.05) is 0 Å². The molecule has 0 aliphatic carbocycles. The average molecular weight is 296 g/mol. The number of amides is 1. The lowest BCUT2D eigenvalue weighted by Crippen LogP contribution is -2.24. The van der Waals surface area contributed by atoms with E-state index in [9.17, 15) is 9.18 Å². The van der Waals surface area contributed by atoms with Crippen LogP contribution < -0.4 is 11.1 Å². The number of carbonyl (C=O) groups is 1. The highest BCUT2D eigenvalue weighted by Gasteiger charge is 2.14. The third-order valence-electron chi connectivity index (χ3n) is 3.33. The van der Waals surface area contributed by atoms with E-state index in [1.54, 1.807) is 0 Å². The Kier molecular flexibility index (Phi) is 5.95. The number of nitrogen functional groups attached to an aromatic ring is 1. The molecule has 1 aliphatic heterocycles. The molecule has 1 aromatic carbocycles. The van der Waals surface area contributed by atoms with Gasteiger partial charge in [-0.3, -0.25) is 4.79 Å². The Morgan fingerprint density at radius 3 is 2.95 bits per heavy atom. The highest BCUT2D eigenvalue weighted by atomic mass is 19.1. The number of anilines is 2. The molecule has 0 saturated carbocycles. The van der Waals surface area contributed by atoms with Gasteiger partial charge in [0.2, 0.25) is 5.91 Å². The topological polar surface area (TPSA) is 73.6 Å². The van der Waals surface area contributed by atoms with E-state index in [1.165, 1.54) is 18.2 Å². The Morgan fingerprint density at radius 2 is 2.19 bits per heavy atom. The van der Waals surface area contributed by atoms with Gasteiger partial charge in [0.1, 0.15) is 5.82 Å². The summed E-state index contributed by atoms with van der Waals surface area (Å²) in [6.45, 7) is 2.00. The predicted octanol–water partition coefficient (Wildman–Crippen LogP) is 2.32. The van der Waals surface area contributed by atoms with Crippen LogP contribution >= 0.6 is 0 Å². The van der Waals surface area contributed by atoms with Gasteiger partial charge in [-0.25, -0.2) is 4.39 Å². The number of benzene rings is 1. The van der Waals surface area contributed by atoms with Crippen LogP contribution in [0, 0.1) is 5.82 Å². The Hall–Kier alpha value is -1.66. The largest absolute Gasteiger partial charge is 0.399 e. The molecule has 5 nitrogen and oxygen atoms in total. The minimum Gasteiger partial charge on any atom is -0.399 e. The summed E-state index contributed by atoms with van der Waals surface area (Å²) >= 11 is 0. The first-order chi connectivity index (χ1) is 10.1. The maximum absolute atomic E-state index is 13.5. The molecular formula is C15H21FN2O3. The summed E-state index contributed by atoms with van der Waals surface area (Å²) < 4.78 is 24.4. The van der Waals surface area contributed by atoms with Gasteiger partial charge < -0.3 is 20.5 Å². The van der Waals surface area contributed by atoms with Crippen LogP contribution in [0.15, 0.2) is 18.2 Å². The summed E-state index contributed by atoms with van der Waals surface area (Å²) in [5.74, 6) is -0.730. The van der Waals surface area contributed by atoms with Gasteiger partial charge in [-0.2, -0.15) is 0 Å². The van der Waals surface area contributed by atoms with E-state index >= 15 is 0 Å². The number of hydrogen-bond donors (Lipinski definition) is 2. The second kappa shape index (κ2) is 7.95. The first kappa shape index (κ1) is 15.7. The first-order valence-electron chi connectivity index (χ1n) is 7.19. The normalized spacial score (nSPS) is 15.9. The fourth-order valence-corrected chi connectivity index (χ4v) is 2.18. The van der Waals surface area contributed by atoms with Crippen molar-refractivity contribution >= 4 is 17.3 Å². The van der Waals surface area contributed by atoms with Crippen LogP contribution in [0.2, 0.25) is 0 Å². The molecule has 0 radical (unpaired) electrons. The highest BCUT2D eigenvalue weighted by molar-refractivity contribution is 5.91. The summed E-state index contributed by atoms with van der Waals surface area (Å²) in [5, 5.41) is 2.52. The van der Waals surface area contributed by atoms with E-state index in [1.807, 2.05) is 0 Å². The molecular weight excluding hydrogens is 275 g/mol. The van der Waals surface area contributed by atoms with E-state index in [0.717, 1.165) is 26.1 Å². The summed E-state index contributed by atoms with van der Waals surface area (Å²) in [6.07, 6.45) is 2.93. The summed E-state index contributed by atoms with van der Waals surface area (Å²) in [7, 11) is 0. The first-order valence-corrected chi connectivity index (χ1v) is 7.19. The molecule has 0 atom stereocenters. The van der Waals surface area contributed by atoms with Crippen molar-refractivity contribution in [2.75, 3.05) is 30.9 Å². The SMILES string of the molecule is Nc1ccc(F)c(NC(=O)CCCOC2CCOCC2)c1. The third-order valence-corrected chi connectivity index (χ3v) is 3.33. The van der Waals surface area contributed by atoms with Crippen LogP contribution in [0.25, 0.3) is 0 Å². The summed E-state index contributed by atoms with van der Waals surface area (Å²) in [6, 6.07) is 4.09. The molecule has 1 saturated heterocycles. The minimum absolute atomic E-state index is 0.116. The van der Waals surface area contributed by atoms with Crippen LogP contribution in [0.5, 0.6) is 0 Å². The number of halogens is 1. The Labute approximate surface area is 123 Å². The predicted molar refractivity (Wildman–Crippen MR) is 78.5 cm³/mol. The number of ether oxygens (including phenoxy) is 2. The van der Waals surface area contributed by atoms with Gasteiger partial charge in [-0.15, -0.1) is 0 Å². The molecule has 2 rings (SSSR count). The molecule has 3 N–H and O–H groups in total. The molecule has 1 heterocycles. The van der Waals surface area contributed by atoms with Crippen molar-refractivity contribution in [1.82, 2.24) is 0 Å². The zero-order valence-corrected chi connectivity index (χ0v) is 11.9. The second-order valence-electron chi connectivity index (χ2n) is 5.07. The summed E-state index contributed by atoms with van der Waals surface area (Å²) in [5.41, 5.74) is 6.09. The quantitative estimate of drug-likeness (QED) is 0.624. The molecule has 1 aromatic rings. The minimum atomic E-state index is -0.490. The Bertz CT molecular complexity index is 476.